The highest BCUT2D eigenvalue weighted by molar-refractivity contribution is 5.83. The van der Waals surface area contributed by atoms with Crippen LogP contribution in [0.5, 0.6) is 0 Å². The first-order valence-electron chi connectivity index (χ1n) is 5.84. The van der Waals surface area contributed by atoms with Gasteiger partial charge < -0.3 is 15.3 Å². The number of nitrogens with one attached hydrogen (secondary N) is 1. The Morgan fingerprint density at radius 1 is 1.56 bits per heavy atom. The van der Waals surface area contributed by atoms with Crippen LogP contribution in [0.25, 0.3) is 0 Å². The number of pyridine rings is 1. The van der Waals surface area contributed by atoms with Gasteiger partial charge in [0.2, 0.25) is 0 Å². The third-order valence-electron chi connectivity index (χ3n) is 2.97. The van der Waals surface area contributed by atoms with Gasteiger partial charge in [0.05, 0.1) is 0 Å². The topological polar surface area (TPSA) is 82.5 Å². The Kier molecular flexibility index (Phi) is 3.76. The molecular weight excluding hydrogens is 234 g/mol. The molecule has 1 aliphatic rings. The maximum Gasteiger partial charge on any atom is 0.326 e. The molecule has 2 heterocycles. The molecule has 0 bridgehead atoms. The first-order chi connectivity index (χ1) is 8.68. The van der Waals surface area contributed by atoms with Gasteiger partial charge >= 0.3 is 12.0 Å². The summed E-state index contributed by atoms with van der Waals surface area (Å²) in [4.78, 5) is 28.1. The Bertz CT molecular complexity index is 435. The Labute approximate surface area is 105 Å². The van der Waals surface area contributed by atoms with Crippen LogP contribution in [0.15, 0.2) is 24.5 Å². The van der Waals surface area contributed by atoms with Gasteiger partial charge in [-0.1, -0.05) is 6.07 Å². The largest absolute Gasteiger partial charge is 0.480 e. The second-order valence-corrected chi connectivity index (χ2v) is 4.21. The highest BCUT2D eigenvalue weighted by Crippen LogP contribution is 2.17. The highest BCUT2D eigenvalue weighted by Gasteiger charge is 2.33. The summed E-state index contributed by atoms with van der Waals surface area (Å²) >= 11 is 0. The minimum absolute atomic E-state index is 0.330. The summed E-state index contributed by atoms with van der Waals surface area (Å²) < 4.78 is 0. The van der Waals surface area contributed by atoms with Crippen molar-refractivity contribution in [2.45, 2.75) is 25.4 Å². The first kappa shape index (κ1) is 12.3. The van der Waals surface area contributed by atoms with Gasteiger partial charge in [-0.05, 0) is 24.5 Å². The van der Waals surface area contributed by atoms with E-state index in [9.17, 15) is 9.59 Å². The van der Waals surface area contributed by atoms with Crippen LogP contribution in [0.4, 0.5) is 4.79 Å². The normalized spacial score (nSPS) is 18.7. The molecule has 6 heteroatoms. The smallest absolute Gasteiger partial charge is 0.326 e. The van der Waals surface area contributed by atoms with Gasteiger partial charge in [0.15, 0.2) is 0 Å². The predicted octanol–water partition coefficient (Wildman–Crippen LogP) is 0.840. The minimum atomic E-state index is -0.941. The summed E-state index contributed by atoms with van der Waals surface area (Å²) in [5, 5.41) is 11.7. The molecule has 0 spiro atoms. The van der Waals surface area contributed by atoms with Crippen LogP contribution in [-0.4, -0.2) is 39.6 Å². The van der Waals surface area contributed by atoms with Gasteiger partial charge in [-0.3, -0.25) is 4.98 Å². The number of nitrogens with zero attached hydrogens (tertiary/aromatic N) is 2. The SMILES string of the molecule is O=C(O)[C@@H]1CCCN1C(=O)NCc1cccnc1. The van der Waals surface area contributed by atoms with Crippen molar-refractivity contribution in [1.82, 2.24) is 15.2 Å². The number of likely N-dealkylation sites (tertiary alicyclic amines) is 1. The summed E-state index contributed by atoms with van der Waals surface area (Å²) in [5.74, 6) is -0.941. The number of aliphatic carboxylic acids is 1. The van der Waals surface area contributed by atoms with E-state index in [0.29, 0.717) is 19.5 Å². The van der Waals surface area contributed by atoms with E-state index in [1.807, 2.05) is 6.07 Å². The molecule has 1 fully saturated rings. The van der Waals surface area contributed by atoms with Gasteiger partial charge in [-0.2, -0.15) is 0 Å². The zero-order valence-corrected chi connectivity index (χ0v) is 9.87. The number of amides is 2. The molecule has 1 aliphatic heterocycles. The highest BCUT2D eigenvalue weighted by atomic mass is 16.4. The zero-order valence-electron chi connectivity index (χ0n) is 9.87. The lowest BCUT2D eigenvalue weighted by Gasteiger charge is -2.21. The van der Waals surface area contributed by atoms with Gasteiger partial charge in [-0.25, -0.2) is 9.59 Å². The van der Waals surface area contributed by atoms with E-state index in [0.717, 1.165) is 12.0 Å². The summed E-state index contributed by atoms with van der Waals surface area (Å²) in [7, 11) is 0. The standard InChI is InChI=1S/C12H15N3O3/c16-11(17)10-4-2-6-15(10)12(18)14-8-9-3-1-5-13-7-9/h1,3,5,7,10H,2,4,6,8H2,(H,14,18)(H,16,17)/t10-/m0/s1. The summed E-state index contributed by atoms with van der Waals surface area (Å²) in [5.41, 5.74) is 0.886. The van der Waals surface area contributed by atoms with Crippen LogP contribution in [0, 0.1) is 0 Å². The quantitative estimate of drug-likeness (QED) is 0.831. The van der Waals surface area contributed by atoms with Crippen LogP contribution in [0.3, 0.4) is 0 Å². The summed E-state index contributed by atoms with van der Waals surface area (Å²) in [6.45, 7) is 0.853. The number of aromatic nitrogens is 1. The van der Waals surface area contributed by atoms with E-state index in [1.165, 1.54) is 4.90 Å². The van der Waals surface area contributed by atoms with Crippen molar-refractivity contribution in [1.29, 1.82) is 0 Å². The third-order valence-corrected chi connectivity index (χ3v) is 2.97. The molecule has 0 aliphatic carbocycles. The van der Waals surface area contributed by atoms with Gasteiger partial charge in [0.1, 0.15) is 6.04 Å². The van der Waals surface area contributed by atoms with E-state index in [4.69, 9.17) is 5.11 Å². The van der Waals surface area contributed by atoms with Crippen LogP contribution < -0.4 is 5.32 Å². The Morgan fingerprint density at radius 3 is 3.06 bits per heavy atom. The molecule has 0 unspecified atom stereocenters. The number of hydrogen-bond acceptors (Lipinski definition) is 3. The molecule has 96 valence electrons. The Morgan fingerprint density at radius 2 is 2.39 bits per heavy atom. The van der Waals surface area contributed by atoms with Crippen LogP contribution >= 0.6 is 0 Å². The number of carbonyl (C=O) groups excluding carboxylic acids is 1. The van der Waals surface area contributed by atoms with Crippen molar-refractivity contribution in [3.8, 4) is 0 Å². The minimum Gasteiger partial charge on any atom is -0.480 e. The van der Waals surface area contributed by atoms with E-state index in [1.54, 1.807) is 18.5 Å². The van der Waals surface area contributed by atoms with E-state index in [2.05, 4.69) is 10.3 Å². The predicted molar refractivity (Wildman–Crippen MR) is 63.8 cm³/mol. The van der Waals surface area contributed by atoms with Crippen molar-refractivity contribution >= 4 is 12.0 Å². The maximum atomic E-state index is 11.9. The van der Waals surface area contributed by atoms with Gasteiger partial charge in [0, 0.05) is 25.5 Å². The van der Waals surface area contributed by atoms with E-state index < -0.39 is 12.0 Å². The lowest BCUT2D eigenvalue weighted by molar-refractivity contribution is -0.141. The molecular formula is C12H15N3O3. The lowest BCUT2D eigenvalue weighted by atomic mass is 10.2. The van der Waals surface area contributed by atoms with E-state index in [-0.39, 0.29) is 6.03 Å². The average Bonchev–Trinajstić information content (AvgIpc) is 2.86. The fourth-order valence-electron chi connectivity index (χ4n) is 2.05. The molecule has 2 rings (SSSR count). The monoisotopic (exact) mass is 249 g/mol. The molecule has 18 heavy (non-hydrogen) atoms. The Hall–Kier alpha value is -2.11. The molecule has 1 saturated heterocycles. The van der Waals surface area contributed by atoms with Crippen LogP contribution in [0.1, 0.15) is 18.4 Å². The molecule has 0 radical (unpaired) electrons. The molecule has 0 aromatic carbocycles. The van der Waals surface area contributed by atoms with Gasteiger partial charge in [-0.15, -0.1) is 0 Å². The van der Waals surface area contributed by atoms with Crippen LogP contribution in [0.2, 0.25) is 0 Å². The van der Waals surface area contributed by atoms with Crippen molar-refractivity contribution in [3.05, 3.63) is 30.1 Å². The fourth-order valence-corrected chi connectivity index (χ4v) is 2.05. The molecule has 1 atom stereocenters. The Balaban J connectivity index is 1.90. The van der Waals surface area contributed by atoms with Crippen molar-refractivity contribution < 1.29 is 14.7 Å². The number of carboxylic acid groups (broad SMARTS) is 1. The zero-order chi connectivity index (χ0) is 13.0. The average molecular weight is 249 g/mol. The summed E-state index contributed by atoms with van der Waals surface area (Å²) in [6.07, 6.45) is 4.58. The number of carbonyl (C=O) groups is 2. The molecule has 1 aromatic heterocycles. The molecule has 1 aromatic rings. The van der Waals surface area contributed by atoms with E-state index >= 15 is 0 Å². The number of carboxylic acids is 1. The second kappa shape index (κ2) is 5.48. The lowest BCUT2D eigenvalue weighted by Crippen LogP contribution is -2.45. The van der Waals surface area contributed by atoms with Crippen molar-refractivity contribution in [3.63, 3.8) is 0 Å². The molecule has 0 saturated carbocycles. The molecule has 2 amide bonds. The third kappa shape index (κ3) is 2.77. The van der Waals surface area contributed by atoms with Crippen LogP contribution in [-0.2, 0) is 11.3 Å². The number of urea groups is 1. The number of hydrogen-bond donors (Lipinski definition) is 2. The van der Waals surface area contributed by atoms with Crippen molar-refractivity contribution in [2.24, 2.45) is 0 Å². The molecule has 2 N–H and O–H groups in total. The maximum absolute atomic E-state index is 11.9. The first-order valence-corrected chi connectivity index (χ1v) is 5.84. The number of rotatable bonds is 3. The second-order valence-electron chi connectivity index (χ2n) is 4.21. The van der Waals surface area contributed by atoms with Gasteiger partial charge in [0.25, 0.3) is 0 Å². The fraction of sp³-hybridized carbons (Fsp3) is 0.417. The molecule has 6 nitrogen and oxygen atoms in total. The van der Waals surface area contributed by atoms with Crippen molar-refractivity contribution in [2.75, 3.05) is 6.54 Å². The summed E-state index contributed by atoms with van der Waals surface area (Å²) in [6, 6.07) is 2.62.